The molecular weight excluding hydrogens is 1630 g/mol. The molecule has 22 N–H and O–H groups in total. The first-order valence-corrected chi connectivity index (χ1v) is 42.7. The molecule has 0 bridgehead atoms. The Hall–Kier alpha value is -12.0. The van der Waals surface area contributed by atoms with Crippen molar-refractivity contribution in [2.75, 3.05) is 13.2 Å². The second kappa shape index (κ2) is 50.8. The Morgan fingerprint density at radius 3 is 1.79 bits per heavy atom. The third-order valence-electron chi connectivity index (χ3n) is 22.4. The molecule has 0 saturated heterocycles. The average molecular weight is 1760 g/mol. The molecular formula is C89H130N16O21. The Bertz CT molecular complexity index is 4460. The molecule has 14 amide bonds. The van der Waals surface area contributed by atoms with Crippen LogP contribution in [0.4, 0.5) is 0 Å². The molecule has 2 aliphatic rings. The van der Waals surface area contributed by atoms with Crippen molar-refractivity contribution in [3.63, 3.8) is 0 Å². The summed E-state index contributed by atoms with van der Waals surface area (Å²) in [5.74, 6) is -18.0. The molecule has 1 aromatic heterocycles. The van der Waals surface area contributed by atoms with Gasteiger partial charge in [0.1, 0.15) is 71.2 Å². The standard InChI is InChI=1S/C88H126N16O21.CH4/c1-49(2)41-65(96-54(7)107)81(120)102-72(53(6)106)84(123)99-67(43-56-25-18-17-19-26-56)83(122)104-88(9)40-23-16-14-12-10-11-13-15-22-39-87(8,86(125)101-69(48-105)82(121)95-52(5)76(115)94-51(4)75(90)114)103-77(116)59(42-55-27-24-28-55)47-92-63(35-37-70(89)109)74(113)73(112)50(3)93-79(118)68(45-58-46-91-62-30-21-20-29-61(58)62)98-80(119)66(44-57-31-33-60(108)34-32-57)97-78(117)64(100-85(88)124)36-38-71(110)111;/h11,13,17-21,25-26,29-34,46,49-53,55,59,63-69,72,91-92,105-106,108H,10,12,14-16,22-24,27-28,35-45,47-48H2,1-9H3,(H2,89,109)(H2,90,114)(H,93,118)(H,94,115)(H,95,121)(H,96,107)(H,97,117)(H,98,119)(H,99,123)(H,100,124)(H,101,125)(H,102,120)(H,103,116)(H,104,122)(H,110,111);1H4/b13-11+;/t50?,51?,52-,53+,59+,63-,64-,65-,66?,67-,68-,69?,72-,87-,88+;/m0./s1. The van der Waals surface area contributed by atoms with Crippen molar-refractivity contribution in [2.45, 2.75) is 288 Å². The monoisotopic (exact) mass is 1760 g/mol. The lowest BCUT2D eigenvalue weighted by atomic mass is 9.78. The summed E-state index contributed by atoms with van der Waals surface area (Å²) in [5.41, 5.74) is 8.88. The zero-order valence-corrected chi connectivity index (χ0v) is 72.5. The maximum Gasteiger partial charge on any atom is 0.303 e. The molecule has 37 heteroatoms. The van der Waals surface area contributed by atoms with Crippen molar-refractivity contribution in [2.24, 2.45) is 29.2 Å². The number of carboxylic acid groups (broad SMARTS) is 1. The molecule has 2 heterocycles. The summed E-state index contributed by atoms with van der Waals surface area (Å²) in [6.07, 6.45) is 5.48. The number of aliphatic hydroxyl groups excluding tert-OH is 2. The van der Waals surface area contributed by atoms with Crippen LogP contribution >= 0.6 is 0 Å². The number of fused-ring (bicyclic) bond motifs is 1. The molecule has 1 saturated carbocycles. The molecule has 4 unspecified atom stereocenters. The summed E-state index contributed by atoms with van der Waals surface area (Å²) in [6.45, 7) is 11.3. The number of nitrogens with one attached hydrogen (secondary N) is 14. The lowest BCUT2D eigenvalue weighted by Crippen LogP contribution is -2.65. The summed E-state index contributed by atoms with van der Waals surface area (Å²) < 4.78 is 0. The van der Waals surface area contributed by atoms with E-state index in [2.05, 4.69) is 74.1 Å². The van der Waals surface area contributed by atoms with Crippen LogP contribution in [-0.2, 0) is 101 Å². The summed E-state index contributed by atoms with van der Waals surface area (Å²) in [5, 5.41) is 77.0. The molecule has 0 radical (unpaired) electrons. The Kier molecular flexibility index (Phi) is 42.2. The average Bonchev–Trinajstić information content (AvgIpc) is 1.04. The van der Waals surface area contributed by atoms with Crippen LogP contribution in [0.25, 0.3) is 10.9 Å². The maximum absolute atomic E-state index is 15.5. The fourth-order valence-electron chi connectivity index (χ4n) is 14.6. The Labute approximate surface area is 734 Å². The van der Waals surface area contributed by atoms with Crippen LogP contribution in [0, 0.1) is 17.8 Å². The van der Waals surface area contributed by atoms with E-state index in [9.17, 15) is 73.2 Å². The van der Waals surface area contributed by atoms with E-state index in [0.29, 0.717) is 72.5 Å². The normalized spacial score (nSPS) is 22.9. The predicted octanol–water partition coefficient (Wildman–Crippen LogP) is 1.23. The first kappa shape index (κ1) is 105. The summed E-state index contributed by atoms with van der Waals surface area (Å²) in [6, 6.07) is 3.71. The summed E-state index contributed by atoms with van der Waals surface area (Å²) in [7, 11) is 0. The van der Waals surface area contributed by atoms with E-state index >= 15 is 28.8 Å². The van der Waals surface area contributed by atoms with Crippen molar-refractivity contribution in [3.05, 3.63) is 114 Å². The number of H-pyrrole nitrogens is 1. The van der Waals surface area contributed by atoms with E-state index < -0.39 is 222 Å². The molecule has 3 aromatic carbocycles. The minimum atomic E-state index is -2.07. The van der Waals surface area contributed by atoms with Crippen molar-refractivity contribution >= 4 is 111 Å². The summed E-state index contributed by atoms with van der Waals surface area (Å²) >= 11 is 0. The first-order valence-electron chi connectivity index (χ1n) is 42.7. The second-order valence-corrected chi connectivity index (χ2v) is 33.6. The zero-order valence-electron chi connectivity index (χ0n) is 72.5. The number of aromatic hydroxyl groups is 1. The number of aromatic nitrogens is 1. The van der Waals surface area contributed by atoms with Gasteiger partial charge in [0.15, 0.2) is 0 Å². The number of carboxylic acids is 1. The van der Waals surface area contributed by atoms with E-state index in [1.54, 1.807) is 74.6 Å². The highest BCUT2D eigenvalue weighted by molar-refractivity contribution is 6.41. The van der Waals surface area contributed by atoms with Crippen LogP contribution in [0.1, 0.15) is 202 Å². The van der Waals surface area contributed by atoms with Crippen LogP contribution in [-0.4, -0.2) is 222 Å². The number of aliphatic hydroxyl groups is 2. The molecule has 1 aliphatic carbocycles. The van der Waals surface area contributed by atoms with Crippen molar-refractivity contribution in [1.82, 2.24) is 74.1 Å². The van der Waals surface area contributed by atoms with Crippen LogP contribution in [0.5, 0.6) is 5.75 Å². The predicted molar refractivity (Wildman–Crippen MR) is 466 cm³/mol. The molecule has 4 aromatic rings. The third kappa shape index (κ3) is 33.5. The quantitative estimate of drug-likeness (QED) is 0.0241. The number of para-hydroxylation sites is 1. The molecule has 692 valence electrons. The van der Waals surface area contributed by atoms with Gasteiger partial charge in [0, 0.05) is 62.7 Å². The molecule has 1 aliphatic heterocycles. The number of phenols is 1. The number of phenolic OH excluding ortho intramolecular Hbond substituents is 1. The number of allylic oxidation sites excluding steroid dienone is 2. The van der Waals surface area contributed by atoms with E-state index in [4.69, 9.17) is 11.5 Å². The zero-order chi connectivity index (χ0) is 92.4. The number of rotatable bonds is 32. The lowest BCUT2D eigenvalue weighted by molar-refractivity contribution is -0.140. The first-order chi connectivity index (χ1) is 59.1. The van der Waals surface area contributed by atoms with Gasteiger partial charge in [0.05, 0.1) is 30.7 Å². The summed E-state index contributed by atoms with van der Waals surface area (Å²) in [4.78, 5) is 243. The Morgan fingerprint density at radius 1 is 0.579 bits per heavy atom. The smallest absolute Gasteiger partial charge is 0.303 e. The minimum absolute atomic E-state index is 0. The number of ketones is 2. The van der Waals surface area contributed by atoms with Gasteiger partial charge in [-0.15, -0.1) is 0 Å². The number of nitrogens with two attached hydrogens (primary N) is 2. The van der Waals surface area contributed by atoms with Gasteiger partial charge in [0.2, 0.25) is 94.3 Å². The van der Waals surface area contributed by atoms with Gasteiger partial charge >= 0.3 is 5.97 Å². The minimum Gasteiger partial charge on any atom is -0.508 e. The van der Waals surface area contributed by atoms with Crippen LogP contribution < -0.4 is 80.6 Å². The van der Waals surface area contributed by atoms with E-state index in [-0.39, 0.29) is 89.3 Å². The number of primary amides is 2. The van der Waals surface area contributed by atoms with E-state index in [0.717, 1.165) is 6.42 Å². The fraction of sp³-hybridized carbons (Fsp3) is 0.562. The number of aliphatic carboxylic acids is 1. The van der Waals surface area contributed by atoms with Crippen LogP contribution in [0.2, 0.25) is 0 Å². The Morgan fingerprint density at radius 2 is 1.18 bits per heavy atom. The number of benzene rings is 3. The molecule has 126 heavy (non-hydrogen) atoms. The van der Waals surface area contributed by atoms with Crippen molar-refractivity contribution in [1.29, 1.82) is 0 Å². The Balaban J connectivity index is 0.0000282. The number of aromatic amines is 1. The van der Waals surface area contributed by atoms with Gasteiger partial charge in [-0.2, -0.15) is 0 Å². The molecule has 1 fully saturated rings. The fourth-order valence-corrected chi connectivity index (χ4v) is 14.6. The third-order valence-corrected chi connectivity index (χ3v) is 22.4. The SMILES string of the molecule is C.CC(=O)N[C@@H](CC(C)C)C(=O)N[C@H](C(=O)N[C@@H](Cc1ccccc1)C(=O)N[C@]1(C)CCCCCC/C=C/CCC[C@@](C)(C(=O)NC(CO)C(=O)N[C@@H](C)C(=O)NC(C)C(N)=O)NC(=O)[C@H](CC2CCC2)CN[C@@H](CCC(N)=O)C(=O)C(=O)C(C)NC(=O)[C@H](Cc2c[nH]c3ccccc23)NC(=O)C(Cc2ccc(O)cc2)NC(=O)[C@H](CCC(=O)O)NC1=O)[C@@H](C)O. The lowest BCUT2D eigenvalue weighted by Gasteiger charge is -2.35. The van der Waals surface area contributed by atoms with Crippen LogP contribution in [0.3, 0.4) is 0 Å². The highest BCUT2D eigenvalue weighted by atomic mass is 16.4. The topological polar surface area (TPSA) is 595 Å². The van der Waals surface area contributed by atoms with E-state index in [1.807, 2.05) is 12.2 Å². The second-order valence-electron chi connectivity index (χ2n) is 33.6. The van der Waals surface area contributed by atoms with Crippen molar-refractivity contribution in [3.8, 4) is 5.75 Å². The number of carbonyl (C=O) groups is 17. The highest BCUT2D eigenvalue weighted by Crippen LogP contribution is 2.33. The number of carbonyl (C=O) groups excluding carboxylic acids is 16. The van der Waals surface area contributed by atoms with Gasteiger partial charge in [0.25, 0.3) is 0 Å². The molecule has 15 atom stereocenters. The van der Waals surface area contributed by atoms with Crippen LogP contribution in [0.15, 0.2) is 97.2 Å². The number of hydrogen-bond acceptors (Lipinski definition) is 21. The van der Waals surface area contributed by atoms with Crippen molar-refractivity contribution < 1.29 is 102 Å². The maximum atomic E-state index is 15.5. The van der Waals surface area contributed by atoms with Gasteiger partial charge in [-0.25, -0.2) is 0 Å². The van der Waals surface area contributed by atoms with E-state index in [1.165, 1.54) is 72.7 Å². The number of hydrogen-bond donors (Lipinski definition) is 20. The number of amides is 14. The number of Topliss-reactive ketones (excluding diaryl/α,β-unsaturated/α-hetero) is 2. The molecule has 37 nitrogen and oxygen atoms in total. The highest BCUT2D eigenvalue weighted by Gasteiger charge is 2.44. The molecule has 0 spiro atoms. The molecule has 6 rings (SSSR count). The van der Waals surface area contributed by atoms with Gasteiger partial charge in [-0.1, -0.05) is 133 Å². The largest absolute Gasteiger partial charge is 0.508 e. The van der Waals surface area contributed by atoms with Gasteiger partial charge < -0.3 is 106 Å². The van der Waals surface area contributed by atoms with Gasteiger partial charge in [-0.3, -0.25) is 81.5 Å². The van der Waals surface area contributed by atoms with Gasteiger partial charge in [-0.05, 0) is 152 Å².